The summed E-state index contributed by atoms with van der Waals surface area (Å²) in [6.07, 6.45) is 5.42. The Labute approximate surface area is 76.6 Å². The normalized spacial score (nSPS) is 10.9. The molecule has 13 heavy (non-hydrogen) atoms. The zero-order valence-electron chi connectivity index (χ0n) is 7.86. The molecule has 2 aromatic heterocycles. The predicted octanol–water partition coefficient (Wildman–Crippen LogP) is 1.25. The highest BCUT2D eigenvalue weighted by molar-refractivity contribution is 5.35. The molecule has 0 spiro atoms. The molecule has 0 aliphatic heterocycles. The number of fused-ring (bicyclic) bond motifs is 1. The van der Waals surface area contributed by atoms with E-state index in [-0.39, 0.29) is 0 Å². The Morgan fingerprint density at radius 1 is 1.15 bits per heavy atom. The van der Waals surface area contributed by atoms with E-state index in [4.69, 9.17) is 0 Å². The highest BCUT2D eigenvalue weighted by atomic mass is 15.3. The van der Waals surface area contributed by atoms with Crippen molar-refractivity contribution in [2.45, 2.75) is 26.7 Å². The molecule has 0 amide bonds. The standard InChI is InChI=1S/C9H12N4/c1-3-7-5-11-9-6-10-8(4-2)12-13(7)9/h5-6H,3-4H2,1-2H3. The van der Waals surface area contributed by atoms with Crippen molar-refractivity contribution in [3.8, 4) is 0 Å². The van der Waals surface area contributed by atoms with Crippen LogP contribution in [0.3, 0.4) is 0 Å². The summed E-state index contributed by atoms with van der Waals surface area (Å²) in [6, 6.07) is 0. The third kappa shape index (κ3) is 1.28. The van der Waals surface area contributed by atoms with Gasteiger partial charge in [0.15, 0.2) is 5.65 Å². The Bertz CT molecular complexity index is 418. The maximum Gasteiger partial charge on any atom is 0.172 e. The SMILES string of the molecule is CCc1ncc2ncc(CC)n2n1. The molecular weight excluding hydrogens is 164 g/mol. The van der Waals surface area contributed by atoms with E-state index in [1.54, 1.807) is 6.20 Å². The second kappa shape index (κ2) is 3.12. The molecule has 0 bridgehead atoms. The number of hydrogen-bond donors (Lipinski definition) is 0. The van der Waals surface area contributed by atoms with E-state index in [9.17, 15) is 0 Å². The van der Waals surface area contributed by atoms with Gasteiger partial charge in [-0.3, -0.25) is 0 Å². The van der Waals surface area contributed by atoms with E-state index in [2.05, 4.69) is 22.0 Å². The molecule has 0 atom stereocenters. The number of aryl methyl sites for hydroxylation is 2. The summed E-state index contributed by atoms with van der Waals surface area (Å²) in [5.41, 5.74) is 1.96. The van der Waals surface area contributed by atoms with Gasteiger partial charge in [0.25, 0.3) is 0 Å². The minimum atomic E-state index is 0.828. The van der Waals surface area contributed by atoms with Gasteiger partial charge in [-0.1, -0.05) is 13.8 Å². The lowest BCUT2D eigenvalue weighted by Gasteiger charge is -1.98. The third-order valence-electron chi connectivity index (χ3n) is 2.06. The summed E-state index contributed by atoms with van der Waals surface area (Å²) in [5, 5.41) is 4.37. The second-order valence-electron chi connectivity index (χ2n) is 2.90. The molecule has 0 saturated carbocycles. The van der Waals surface area contributed by atoms with E-state index < -0.39 is 0 Å². The van der Waals surface area contributed by atoms with Crippen LogP contribution in [0.5, 0.6) is 0 Å². The van der Waals surface area contributed by atoms with Crippen molar-refractivity contribution in [2.24, 2.45) is 0 Å². The van der Waals surface area contributed by atoms with Crippen LogP contribution in [0, 0.1) is 0 Å². The van der Waals surface area contributed by atoms with Gasteiger partial charge in [-0.15, -0.1) is 0 Å². The van der Waals surface area contributed by atoms with Crippen molar-refractivity contribution in [3.05, 3.63) is 23.9 Å². The van der Waals surface area contributed by atoms with Gasteiger partial charge in [0, 0.05) is 6.42 Å². The highest BCUT2D eigenvalue weighted by Gasteiger charge is 2.03. The van der Waals surface area contributed by atoms with Gasteiger partial charge in [0.1, 0.15) is 5.82 Å². The van der Waals surface area contributed by atoms with E-state index in [1.165, 1.54) is 0 Å². The third-order valence-corrected chi connectivity index (χ3v) is 2.06. The van der Waals surface area contributed by atoms with Crippen molar-refractivity contribution in [3.63, 3.8) is 0 Å². The van der Waals surface area contributed by atoms with Gasteiger partial charge in [-0.2, -0.15) is 5.10 Å². The molecule has 2 aromatic rings. The number of rotatable bonds is 2. The van der Waals surface area contributed by atoms with Crippen LogP contribution >= 0.6 is 0 Å². The van der Waals surface area contributed by atoms with Crippen LogP contribution in [-0.4, -0.2) is 19.6 Å². The minimum Gasteiger partial charge on any atom is -0.236 e. The fourth-order valence-corrected chi connectivity index (χ4v) is 1.28. The smallest absolute Gasteiger partial charge is 0.172 e. The lowest BCUT2D eigenvalue weighted by atomic mass is 10.4. The summed E-state index contributed by atoms with van der Waals surface area (Å²) < 4.78 is 1.87. The first-order valence-electron chi connectivity index (χ1n) is 4.53. The average Bonchev–Trinajstić information content (AvgIpc) is 2.59. The molecule has 2 heterocycles. The monoisotopic (exact) mass is 176 g/mol. The van der Waals surface area contributed by atoms with Crippen molar-refractivity contribution in [1.29, 1.82) is 0 Å². The molecule has 0 N–H and O–H groups in total. The Hall–Kier alpha value is -1.45. The molecule has 68 valence electrons. The predicted molar refractivity (Wildman–Crippen MR) is 49.5 cm³/mol. The fraction of sp³-hybridized carbons (Fsp3) is 0.444. The Balaban J connectivity index is 2.64. The molecule has 0 aliphatic carbocycles. The van der Waals surface area contributed by atoms with Crippen molar-refractivity contribution < 1.29 is 0 Å². The molecule has 0 aromatic carbocycles. The summed E-state index contributed by atoms with van der Waals surface area (Å²) >= 11 is 0. The molecule has 2 rings (SSSR count). The second-order valence-corrected chi connectivity index (χ2v) is 2.90. The number of aromatic nitrogens is 4. The first-order valence-corrected chi connectivity index (χ1v) is 4.53. The molecule has 0 aliphatic rings. The van der Waals surface area contributed by atoms with Gasteiger partial charge in [0.2, 0.25) is 0 Å². The largest absolute Gasteiger partial charge is 0.236 e. The molecule has 0 fully saturated rings. The zero-order chi connectivity index (χ0) is 9.26. The quantitative estimate of drug-likeness (QED) is 0.691. The Morgan fingerprint density at radius 3 is 2.69 bits per heavy atom. The first-order chi connectivity index (χ1) is 6.35. The molecule has 0 unspecified atom stereocenters. The van der Waals surface area contributed by atoms with Gasteiger partial charge >= 0.3 is 0 Å². The molecule has 0 saturated heterocycles. The van der Waals surface area contributed by atoms with Crippen LogP contribution in [0.2, 0.25) is 0 Å². The van der Waals surface area contributed by atoms with Gasteiger partial charge in [-0.25, -0.2) is 14.5 Å². The van der Waals surface area contributed by atoms with E-state index in [0.29, 0.717) is 0 Å². The topological polar surface area (TPSA) is 43.1 Å². The molecule has 4 heteroatoms. The van der Waals surface area contributed by atoms with Crippen LogP contribution in [0.15, 0.2) is 12.4 Å². The summed E-state index contributed by atoms with van der Waals surface area (Å²) in [5.74, 6) is 0.861. The van der Waals surface area contributed by atoms with Crippen molar-refractivity contribution in [2.75, 3.05) is 0 Å². The van der Waals surface area contributed by atoms with Crippen LogP contribution in [0.25, 0.3) is 5.65 Å². The van der Waals surface area contributed by atoms with Crippen LogP contribution in [0.4, 0.5) is 0 Å². The maximum absolute atomic E-state index is 4.37. The zero-order valence-corrected chi connectivity index (χ0v) is 7.86. The highest BCUT2D eigenvalue weighted by Crippen LogP contribution is 2.04. The van der Waals surface area contributed by atoms with Crippen LogP contribution in [0.1, 0.15) is 25.4 Å². The van der Waals surface area contributed by atoms with Crippen LogP contribution < -0.4 is 0 Å². The lowest BCUT2D eigenvalue weighted by molar-refractivity contribution is 0.776. The molecule has 4 nitrogen and oxygen atoms in total. The van der Waals surface area contributed by atoms with E-state index >= 15 is 0 Å². The Kier molecular flexibility index (Phi) is 1.96. The minimum absolute atomic E-state index is 0.828. The number of nitrogens with zero attached hydrogens (tertiary/aromatic N) is 4. The van der Waals surface area contributed by atoms with Crippen molar-refractivity contribution in [1.82, 2.24) is 19.6 Å². The van der Waals surface area contributed by atoms with Crippen molar-refractivity contribution >= 4 is 5.65 Å². The summed E-state index contributed by atoms with van der Waals surface area (Å²) in [6.45, 7) is 4.14. The first kappa shape index (κ1) is 8.16. The fourth-order valence-electron chi connectivity index (χ4n) is 1.28. The van der Waals surface area contributed by atoms with E-state index in [0.717, 1.165) is 30.0 Å². The van der Waals surface area contributed by atoms with Gasteiger partial charge in [-0.05, 0) is 6.42 Å². The Morgan fingerprint density at radius 2 is 2.00 bits per heavy atom. The lowest BCUT2D eigenvalue weighted by Crippen LogP contribution is -2.02. The molecule has 0 radical (unpaired) electrons. The summed E-state index contributed by atoms with van der Waals surface area (Å²) in [4.78, 5) is 8.38. The maximum atomic E-state index is 4.37. The van der Waals surface area contributed by atoms with E-state index in [1.807, 2.05) is 17.6 Å². The van der Waals surface area contributed by atoms with Gasteiger partial charge < -0.3 is 0 Å². The number of hydrogen-bond acceptors (Lipinski definition) is 3. The molecular formula is C9H12N4. The van der Waals surface area contributed by atoms with Crippen LogP contribution in [-0.2, 0) is 12.8 Å². The number of imidazole rings is 1. The summed E-state index contributed by atoms with van der Waals surface area (Å²) in [7, 11) is 0. The average molecular weight is 176 g/mol. The van der Waals surface area contributed by atoms with Gasteiger partial charge in [0.05, 0.1) is 18.1 Å².